The minimum atomic E-state index is -2.06. The van der Waals surface area contributed by atoms with E-state index in [-0.39, 0.29) is 30.2 Å². The number of fused-ring (bicyclic) bond motifs is 1. The second kappa shape index (κ2) is 10.6. The van der Waals surface area contributed by atoms with Gasteiger partial charge in [-0.25, -0.2) is 19.1 Å². The zero-order valence-corrected chi connectivity index (χ0v) is 19.1. The number of anilines is 1. The quantitative estimate of drug-likeness (QED) is 0.403. The molecule has 1 amide bonds. The van der Waals surface area contributed by atoms with Gasteiger partial charge in [-0.1, -0.05) is 30.3 Å². The normalized spacial score (nSPS) is 23.1. The topological polar surface area (TPSA) is 178 Å². The molecular weight excluding hydrogens is 474 g/mol. The van der Waals surface area contributed by atoms with Gasteiger partial charge in [-0.2, -0.15) is 10.4 Å². The van der Waals surface area contributed by atoms with Crippen molar-refractivity contribution in [2.24, 2.45) is 0 Å². The average Bonchev–Trinajstić information content (AvgIpc) is 3.43. The van der Waals surface area contributed by atoms with Crippen LogP contribution in [0.15, 0.2) is 48.8 Å². The summed E-state index contributed by atoms with van der Waals surface area (Å²) in [4.78, 5) is 27.9. The van der Waals surface area contributed by atoms with Crippen LogP contribution in [0.3, 0.4) is 0 Å². The predicted molar refractivity (Wildman–Crippen MR) is 120 cm³/mol. The number of aromatic nitrogens is 3. The minimum Gasteiger partial charge on any atom is -0.444 e. The Morgan fingerprint density at radius 1 is 1.19 bits per heavy atom. The van der Waals surface area contributed by atoms with Crippen molar-refractivity contribution < 1.29 is 38.7 Å². The second-order valence-corrected chi connectivity index (χ2v) is 7.74. The molecule has 188 valence electrons. The lowest BCUT2D eigenvalue weighted by Crippen LogP contribution is -2.41. The van der Waals surface area contributed by atoms with E-state index in [0.717, 1.165) is 11.9 Å². The molecule has 1 fully saturated rings. The zero-order chi connectivity index (χ0) is 25.7. The molecule has 0 radical (unpaired) electrons. The van der Waals surface area contributed by atoms with Crippen LogP contribution in [-0.2, 0) is 31.2 Å². The lowest BCUT2D eigenvalue weighted by molar-refractivity contribution is -0.0717. The van der Waals surface area contributed by atoms with Gasteiger partial charge in [0.1, 0.15) is 49.4 Å². The Morgan fingerprint density at radius 2 is 1.97 bits per heavy atom. The summed E-state index contributed by atoms with van der Waals surface area (Å²) >= 11 is 0. The van der Waals surface area contributed by atoms with Crippen molar-refractivity contribution >= 4 is 23.6 Å². The number of carbonyl (C=O) groups is 2. The Morgan fingerprint density at radius 3 is 2.69 bits per heavy atom. The van der Waals surface area contributed by atoms with Crippen LogP contribution >= 0.6 is 0 Å². The summed E-state index contributed by atoms with van der Waals surface area (Å²) in [6, 6.07) is 14.0. The van der Waals surface area contributed by atoms with Crippen LogP contribution in [0.1, 0.15) is 18.2 Å². The van der Waals surface area contributed by atoms with Gasteiger partial charge in [-0.3, -0.25) is 5.32 Å². The zero-order valence-electron chi connectivity index (χ0n) is 19.1. The molecule has 4 atom stereocenters. The number of aliphatic hydroxyl groups excluding tert-OH is 2. The number of amides is 1. The fourth-order valence-corrected chi connectivity index (χ4v) is 3.79. The molecule has 4 rings (SSSR count). The van der Waals surface area contributed by atoms with Crippen LogP contribution in [0, 0.1) is 11.3 Å². The summed E-state index contributed by atoms with van der Waals surface area (Å²) in [5.41, 5.74) is -0.925. The molecule has 2 aromatic heterocycles. The first-order valence-corrected chi connectivity index (χ1v) is 10.9. The number of hydrogen-bond acceptors (Lipinski definition) is 11. The molecule has 13 heteroatoms. The number of benzene rings is 1. The van der Waals surface area contributed by atoms with Crippen molar-refractivity contribution in [3.8, 4) is 6.07 Å². The van der Waals surface area contributed by atoms with Gasteiger partial charge in [-0.15, -0.1) is 0 Å². The first-order valence-electron chi connectivity index (χ1n) is 10.9. The van der Waals surface area contributed by atoms with Crippen molar-refractivity contribution in [2.75, 3.05) is 18.5 Å². The first-order chi connectivity index (χ1) is 17.4. The third-order valence-electron chi connectivity index (χ3n) is 5.52. The van der Waals surface area contributed by atoms with E-state index in [4.69, 9.17) is 14.2 Å². The van der Waals surface area contributed by atoms with E-state index < -0.39 is 42.8 Å². The van der Waals surface area contributed by atoms with Crippen molar-refractivity contribution in [1.82, 2.24) is 14.6 Å². The van der Waals surface area contributed by atoms with E-state index in [1.807, 2.05) is 36.4 Å². The summed E-state index contributed by atoms with van der Waals surface area (Å²) < 4.78 is 21.7. The molecule has 3 N–H and O–H groups in total. The number of rotatable bonds is 7. The molecule has 1 saturated heterocycles. The van der Waals surface area contributed by atoms with Crippen LogP contribution < -0.4 is 5.32 Å². The number of nitrogens with one attached hydrogen (secondary N) is 1. The summed E-state index contributed by atoms with van der Waals surface area (Å²) in [5.74, 6) is 0.0811. The monoisotopic (exact) mass is 497 g/mol. The van der Waals surface area contributed by atoms with E-state index in [1.165, 1.54) is 16.6 Å². The fourth-order valence-electron chi connectivity index (χ4n) is 3.79. The minimum absolute atomic E-state index is 0.0467. The SMILES string of the molecule is CCOC(=O)OC[C@H]1O[C@@](C#N)(c2ccc3c(NC(=O)OCc4ccccc4)ncnn23)[C@H](O)[C@@H]1O. The first kappa shape index (κ1) is 24.9. The molecule has 1 aromatic carbocycles. The predicted octanol–water partition coefficient (Wildman–Crippen LogP) is 1.49. The Bertz CT molecular complexity index is 1280. The van der Waals surface area contributed by atoms with E-state index in [2.05, 4.69) is 20.1 Å². The standard InChI is InChI=1S/C23H23N5O8/c1-2-33-22(32)35-11-16-18(29)19(30)23(12-24,36-16)17-9-8-15-20(25-13-26-28(15)17)27-21(31)34-10-14-6-4-3-5-7-14/h3-9,13,16,18-19,29-30H,2,10-11H2,1H3,(H,25,26,27,31)/t16-,18-,19-,23+/m1/s1. The Balaban J connectivity index is 1.54. The van der Waals surface area contributed by atoms with Gasteiger partial charge >= 0.3 is 12.2 Å². The summed E-state index contributed by atoms with van der Waals surface area (Å²) in [6.07, 6.45) is -5.10. The van der Waals surface area contributed by atoms with Crippen molar-refractivity contribution in [2.45, 2.75) is 37.4 Å². The summed E-state index contributed by atoms with van der Waals surface area (Å²) in [6.45, 7) is 1.27. The van der Waals surface area contributed by atoms with Crippen LogP contribution in [0.2, 0.25) is 0 Å². The number of aliphatic hydroxyl groups is 2. The largest absolute Gasteiger partial charge is 0.508 e. The molecule has 1 aliphatic heterocycles. The lowest BCUT2D eigenvalue weighted by atomic mass is 9.92. The van der Waals surface area contributed by atoms with Gasteiger partial charge in [0.25, 0.3) is 0 Å². The van der Waals surface area contributed by atoms with Crippen LogP contribution in [-0.4, -0.2) is 68.6 Å². The van der Waals surface area contributed by atoms with Crippen LogP contribution in [0.5, 0.6) is 0 Å². The molecule has 36 heavy (non-hydrogen) atoms. The molecule has 1 aliphatic rings. The highest BCUT2D eigenvalue weighted by Gasteiger charge is 2.57. The highest BCUT2D eigenvalue weighted by molar-refractivity contribution is 5.88. The number of nitriles is 1. The van der Waals surface area contributed by atoms with Crippen LogP contribution in [0.4, 0.5) is 15.4 Å². The van der Waals surface area contributed by atoms with E-state index >= 15 is 0 Å². The van der Waals surface area contributed by atoms with Gasteiger partial charge in [0.05, 0.1) is 12.3 Å². The number of nitrogens with zero attached hydrogens (tertiary/aromatic N) is 4. The average molecular weight is 497 g/mol. The maximum atomic E-state index is 12.3. The second-order valence-electron chi connectivity index (χ2n) is 7.74. The molecule has 13 nitrogen and oxygen atoms in total. The molecular formula is C23H23N5O8. The van der Waals surface area contributed by atoms with Gasteiger partial charge < -0.3 is 29.2 Å². The van der Waals surface area contributed by atoms with E-state index in [0.29, 0.717) is 0 Å². The lowest BCUT2D eigenvalue weighted by Gasteiger charge is -2.24. The van der Waals surface area contributed by atoms with Crippen molar-refractivity contribution in [3.63, 3.8) is 0 Å². The number of hydrogen-bond donors (Lipinski definition) is 3. The van der Waals surface area contributed by atoms with E-state index in [1.54, 1.807) is 6.92 Å². The van der Waals surface area contributed by atoms with Crippen LogP contribution in [0.25, 0.3) is 5.52 Å². The Kier molecular flexibility index (Phi) is 7.30. The van der Waals surface area contributed by atoms with Gasteiger partial charge in [0.15, 0.2) is 5.82 Å². The smallest absolute Gasteiger partial charge is 0.444 e. The van der Waals surface area contributed by atoms with Gasteiger partial charge in [-0.05, 0) is 24.6 Å². The number of carbonyl (C=O) groups excluding carboxylic acids is 2. The van der Waals surface area contributed by atoms with E-state index in [9.17, 15) is 25.1 Å². The molecule has 0 saturated carbocycles. The Hall–Kier alpha value is -4.25. The molecule has 0 spiro atoms. The molecule has 0 unspecified atom stereocenters. The highest BCUT2D eigenvalue weighted by Crippen LogP contribution is 2.40. The van der Waals surface area contributed by atoms with Crippen molar-refractivity contribution in [1.29, 1.82) is 5.26 Å². The van der Waals surface area contributed by atoms with Gasteiger partial charge in [0, 0.05) is 0 Å². The molecule has 3 aromatic rings. The molecule has 0 bridgehead atoms. The third kappa shape index (κ3) is 4.78. The number of ether oxygens (including phenoxy) is 4. The maximum absolute atomic E-state index is 12.3. The van der Waals surface area contributed by atoms with Crippen molar-refractivity contribution in [3.05, 3.63) is 60.0 Å². The third-order valence-corrected chi connectivity index (χ3v) is 5.52. The molecule has 3 heterocycles. The maximum Gasteiger partial charge on any atom is 0.508 e. The Labute approximate surface area is 204 Å². The fraction of sp³-hybridized carbons (Fsp3) is 0.348. The highest BCUT2D eigenvalue weighted by atomic mass is 16.7. The summed E-state index contributed by atoms with van der Waals surface area (Å²) in [5, 5.41) is 37.9. The van der Waals surface area contributed by atoms with Gasteiger partial charge in [0.2, 0.25) is 5.60 Å². The summed E-state index contributed by atoms with van der Waals surface area (Å²) in [7, 11) is 0. The molecule has 0 aliphatic carbocycles.